The predicted molar refractivity (Wildman–Crippen MR) is 88.1 cm³/mol. The van der Waals surface area contributed by atoms with Gasteiger partial charge >= 0.3 is 0 Å². The second-order valence-corrected chi connectivity index (χ2v) is 6.61. The van der Waals surface area contributed by atoms with Crippen LogP contribution in [-0.2, 0) is 9.53 Å². The van der Waals surface area contributed by atoms with Crippen molar-refractivity contribution in [1.82, 2.24) is 4.98 Å². The minimum absolute atomic E-state index is 0.00525. The van der Waals surface area contributed by atoms with Gasteiger partial charge in [-0.15, -0.1) is 0 Å². The number of hydrogen-bond donors (Lipinski definition) is 1. The summed E-state index contributed by atoms with van der Waals surface area (Å²) in [5.41, 5.74) is 0.735. The number of nitrogens with one attached hydrogen (secondary N) is 1. The van der Waals surface area contributed by atoms with Crippen molar-refractivity contribution in [3.63, 3.8) is 0 Å². The molecule has 5 nitrogen and oxygen atoms in total. The number of anilines is 2. The second kappa shape index (κ2) is 7.13. The molecule has 1 saturated heterocycles. The van der Waals surface area contributed by atoms with Crippen LogP contribution in [0, 0.1) is 0 Å². The molecule has 1 N–H and O–H groups in total. The van der Waals surface area contributed by atoms with E-state index in [1.165, 1.54) is 11.8 Å². The number of carbonyl (C=O) groups excluding carboxylic acids is 1. The van der Waals surface area contributed by atoms with Crippen molar-refractivity contribution in [2.24, 2.45) is 0 Å². The normalized spacial score (nSPS) is 23.7. The van der Waals surface area contributed by atoms with Crippen molar-refractivity contribution >= 4 is 29.2 Å². The van der Waals surface area contributed by atoms with Gasteiger partial charge in [-0.1, -0.05) is 0 Å². The van der Waals surface area contributed by atoms with Gasteiger partial charge in [-0.2, -0.15) is 11.8 Å². The Morgan fingerprint density at radius 2 is 2.10 bits per heavy atom. The molecule has 1 aliphatic rings. The first-order chi connectivity index (χ1) is 9.99. The molecular weight excluding hydrogens is 286 g/mol. The zero-order valence-electron chi connectivity index (χ0n) is 13.0. The summed E-state index contributed by atoms with van der Waals surface area (Å²) in [6, 6.07) is 3.85. The van der Waals surface area contributed by atoms with Crippen LogP contribution in [0.4, 0.5) is 11.5 Å². The Bertz CT molecular complexity index is 470. The van der Waals surface area contributed by atoms with Gasteiger partial charge in [-0.3, -0.25) is 4.79 Å². The number of carbonyl (C=O) groups is 1. The SMILES string of the molecule is CS[C@H](C)C(=O)Nc1ccc(N2C[C@H](C)O[C@@H](C)C2)nc1. The van der Waals surface area contributed by atoms with Crippen LogP contribution >= 0.6 is 11.8 Å². The van der Waals surface area contributed by atoms with E-state index in [0.29, 0.717) is 0 Å². The van der Waals surface area contributed by atoms with E-state index < -0.39 is 0 Å². The molecule has 0 spiro atoms. The first-order valence-corrected chi connectivity index (χ1v) is 8.48. The van der Waals surface area contributed by atoms with E-state index in [4.69, 9.17) is 4.74 Å². The molecular formula is C15H23N3O2S. The largest absolute Gasteiger partial charge is 0.372 e. The monoisotopic (exact) mass is 309 g/mol. The van der Waals surface area contributed by atoms with Gasteiger partial charge in [-0.25, -0.2) is 4.98 Å². The molecule has 0 unspecified atom stereocenters. The summed E-state index contributed by atoms with van der Waals surface area (Å²) in [5, 5.41) is 2.81. The lowest BCUT2D eigenvalue weighted by Gasteiger charge is -2.36. The smallest absolute Gasteiger partial charge is 0.237 e. The van der Waals surface area contributed by atoms with E-state index >= 15 is 0 Å². The molecule has 0 aliphatic carbocycles. The molecule has 0 aromatic carbocycles. The van der Waals surface area contributed by atoms with Crippen LogP contribution < -0.4 is 10.2 Å². The molecule has 0 radical (unpaired) electrons. The molecule has 1 aromatic rings. The van der Waals surface area contributed by atoms with E-state index in [1.807, 2.05) is 25.3 Å². The van der Waals surface area contributed by atoms with E-state index in [1.54, 1.807) is 6.20 Å². The Balaban J connectivity index is 2.00. The van der Waals surface area contributed by atoms with Gasteiger partial charge in [0, 0.05) is 13.1 Å². The lowest BCUT2D eigenvalue weighted by atomic mass is 10.2. The molecule has 1 aliphatic heterocycles. The molecule has 1 aromatic heterocycles. The second-order valence-electron chi connectivity index (χ2n) is 5.43. The van der Waals surface area contributed by atoms with Crippen LogP contribution in [0.1, 0.15) is 20.8 Å². The van der Waals surface area contributed by atoms with Crippen molar-refractivity contribution < 1.29 is 9.53 Å². The predicted octanol–water partition coefficient (Wildman–Crippen LogP) is 2.39. The quantitative estimate of drug-likeness (QED) is 0.925. The average molecular weight is 309 g/mol. The molecule has 3 atom stereocenters. The van der Waals surface area contributed by atoms with Gasteiger partial charge in [0.25, 0.3) is 0 Å². The fourth-order valence-electron chi connectivity index (χ4n) is 2.36. The van der Waals surface area contributed by atoms with Gasteiger partial charge < -0.3 is 15.0 Å². The van der Waals surface area contributed by atoms with Crippen LogP contribution in [0.3, 0.4) is 0 Å². The zero-order chi connectivity index (χ0) is 15.4. The van der Waals surface area contributed by atoms with Crippen LogP contribution in [0.5, 0.6) is 0 Å². The van der Waals surface area contributed by atoms with E-state index in [2.05, 4.69) is 29.0 Å². The van der Waals surface area contributed by atoms with Crippen molar-refractivity contribution in [3.8, 4) is 0 Å². The number of morpholine rings is 1. The van der Waals surface area contributed by atoms with Gasteiger partial charge in [0.15, 0.2) is 0 Å². The highest BCUT2D eigenvalue weighted by molar-refractivity contribution is 7.99. The number of amides is 1. The number of thioether (sulfide) groups is 1. The highest BCUT2D eigenvalue weighted by Gasteiger charge is 2.23. The summed E-state index contributed by atoms with van der Waals surface area (Å²) < 4.78 is 5.72. The summed E-state index contributed by atoms with van der Waals surface area (Å²) in [6.07, 6.45) is 4.05. The maximum absolute atomic E-state index is 11.8. The summed E-state index contributed by atoms with van der Waals surface area (Å²) in [5.74, 6) is 0.929. The molecule has 0 bridgehead atoms. The van der Waals surface area contributed by atoms with Crippen LogP contribution in [0.15, 0.2) is 18.3 Å². The summed E-state index contributed by atoms with van der Waals surface area (Å²) in [4.78, 5) is 18.5. The Morgan fingerprint density at radius 3 is 2.62 bits per heavy atom. The first kappa shape index (κ1) is 16.1. The maximum Gasteiger partial charge on any atom is 0.237 e. The lowest BCUT2D eigenvalue weighted by molar-refractivity contribution is -0.115. The van der Waals surface area contributed by atoms with E-state index in [-0.39, 0.29) is 23.4 Å². The van der Waals surface area contributed by atoms with Crippen molar-refractivity contribution in [3.05, 3.63) is 18.3 Å². The number of hydrogen-bond acceptors (Lipinski definition) is 5. The van der Waals surface area contributed by atoms with Crippen molar-refractivity contribution in [1.29, 1.82) is 0 Å². The Labute approximate surface area is 130 Å². The van der Waals surface area contributed by atoms with Crippen molar-refractivity contribution in [2.75, 3.05) is 29.6 Å². The average Bonchev–Trinajstić information content (AvgIpc) is 2.46. The van der Waals surface area contributed by atoms with Crippen LogP contribution in [0.25, 0.3) is 0 Å². The number of nitrogens with zero attached hydrogens (tertiary/aromatic N) is 2. The minimum Gasteiger partial charge on any atom is -0.372 e. The lowest BCUT2D eigenvalue weighted by Crippen LogP contribution is -2.45. The van der Waals surface area contributed by atoms with Crippen LogP contribution in [0.2, 0.25) is 0 Å². The number of ether oxygens (including phenoxy) is 1. The summed E-state index contributed by atoms with van der Waals surface area (Å²) >= 11 is 1.52. The molecule has 2 heterocycles. The minimum atomic E-state index is -0.0642. The number of aromatic nitrogens is 1. The third-order valence-corrected chi connectivity index (χ3v) is 4.40. The summed E-state index contributed by atoms with van der Waals surface area (Å²) in [6.45, 7) is 7.71. The van der Waals surface area contributed by atoms with Gasteiger partial charge in [0.05, 0.1) is 29.3 Å². The van der Waals surface area contributed by atoms with Gasteiger partial charge in [-0.05, 0) is 39.2 Å². The van der Waals surface area contributed by atoms with Crippen molar-refractivity contribution in [2.45, 2.75) is 38.2 Å². The Morgan fingerprint density at radius 1 is 1.43 bits per heavy atom. The highest BCUT2D eigenvalue weighted by atomic mass is 32.2. The molecule has 0 saturated carbocycles. The fourth-order valence-corrected chi connectivity index (χ4v) is 2.64. The van der Waals surface area contributed by atoms with Gasteiger partial charge in [0.1, 0.15) is 5.82 Å². The molecule has 6 heteroatoms. The molecule has 21 heavy (non-hydrogen) atoms. The third-order valence-electron chi connectivity index (χ3n) is 3.48. The Kier molecular flexibility index (Phi) is 5.47. The standard InChI is InChI=1S/C15H23N3O2S/c1-10-8-18(9-11(2)20-10)14-6-5-13(7-16-14)17-15(19)12(3)21-4/h5-7,10-12H,8-9H2,1-4H3,(H,17,19)/t10-,11-,12+/m0/s1. The molecule has 1 fully saturated rings. The maximum atomic E-state index is 11.8. The first-order valence-electron chi connectivity index (χ1n) is 7.19. The highest BCUT2D eigenvalue weighted by Crippen LogP contribution is 2.20. The topological polar surface area (TPSA) is 54.5 Å². The molecule has 1 amide bonds. The third kappa shape index (κ3) is 4.35. The van der Waals surface area contributed by atoms with E-state index in [9.17, 15) is 4.79 Å². The molecule has 2 rings (SSSR count). The van der Waals surface area contributed by atoms with Crippen LogP contribution in [-0.4, -0.2) is 47.7 Å². The zero-order valence-corrected chi connectivity index (χ0v) is 13.8. The summed E-state index contributed by atoms with van der Waals surface area (Å²) in [7, 11) is 0. The Hall–Kier alpha value is -1.27. The molecule has 116 valence electrons. The number of pyridine rings is 1. The van der Waals surface area contributed by atoms with Gasteiger partial charge in [0.2, 0.25) is 5.91 Å². The number of rotatable bonds is 4. The van der Waals surface area contributed by atoms with E-state index in [0.717, 1.165) is 24.6 Å². The fraction of sp³-hybridized carbons (Fsp3) is 0.600.